The van der Waals surface area contributed by atoms with Crippen molar-refractivity contribution in [1.82, 2.24) is 0 Å². The molecule has 0 heterocycles. The highest BCUT2D eigenvalue weighted by atomic mass is 16.5. The van der Waals surface area contributed by atoms with Crippen molar-refractivity contribution in [3.63, 3.8) is 0 Å². The van der Waals surface area contributed by atoms with E-state index in [9.17, 15) is 4.79 Å². The summed E-state index contributed by atoms with van der Waals surface area (Å²) < 4.78 is 4.76. The molecule has 0 aliphatic heterocycles. The van der Waals surface area contributed by atoms with Crippen LogP contribution in [0.15, 0.2) is 0 Å². The summed E-state index contributed by atoms with van der Waals surface area (Å²) >= 11 is 0. The van der Waals surface area contributed by atoms with Crippen LogP contribution in [0.4, 0.5) is 0 Å². The standard InChI is InChI=1S/C6H9NO2/c1-6(8)5-9-4-2-3-7/h2,4-5H2,1H3. The number of nitriles is 1. The van der Waals surface area contributed by atoms with E-state index in [0.717, 1.165) is 0 Å². The minimum absolute atomic E-state index is 0.00654. The summed E-state index contributed by atoms with van der Waals surface area (Å²) in [6.07, 6.45) is 0.354. The summed E-state index contributed by atoms with van der Waals surface area (Å²) in [7, 11) is 0. The molecule has 0 amide bonds. The topological polar surface area (TPSA) is 50.1 Å². The molecule has 3 heteroatoms. The maximum absolute atomic E-state index is 10.2. The summed E-state index contributed by atoms with van der Waals surface area (Å²) in [5.74, 6) is -0.00654. The fraction of sp³-hybridized carbons (Fsp3) is 0.667. The van der Waals surface area contributed by atoms with Crippen LogP contribution in [0.2, 0.25) is 0 Å². The zero-order valence-electron chi connectivity index (χ0n) is 5.39. The number of nitrogens with zero attached hydrogens (tertiary/aromatic N) is 1. The molecule has 0 bridgehead atoms. The SMILES string of the molecule is CC(=O)COCCC#N. The van der Waals surface area contributed by atoms with Gasteiger partial charge in [-0.2, -0.15) is 5.26 Å². The summed E-state index contributed by atoms with van der Waals surface area (Å²) in [6, 6.07) is 1.91. The molecule has 0 N–H and O–H groups in total. The highest BCUT2D eigenvalue weighted by Crippen LogP contribution is 1.79. The zero-order chi connectivity index (χ0) is 7.11. The van der Waals surface area contributed by atoms with Crippen LogP contribution in [0.1, 0.15) is 13.3 Å². The highest BCUT2D eigenvalue weighted by molar-refractivity contribution is 5.76. The molecule has 0 aliphatic rings. The molecule has 0 aromatic heterocycles. The van der Waals surface area contributed by atoms with E-state index in [4.69, 9.17) is 10.00 Å². The maximum Gasteiger partial charge on any atom is 0.155 e. The Kier molecular flexibility index (Phi) is 4.75. The minimum Gasteiger partial charge on any atom is -0.373 e. The summed E-state index contributed by atoms with van der Waals surface area (Å²) in [5.41, 5.74) is 0. The third kappa shape index (κ3) is 7.12. The van der Waals surface area contributed by atoms with Crippen molar-refractivity contribution in [3.8, 4) is 6.07 Å². The Bertz CT molecular complexity index is 126. The number of Topliss-reactive ketones (excluding diaryl/α,β-unsaturated/α-hetero) is 1. The molecule has 0 fully saturated rings. The molecule has 0 unspecified atom stereocenters. The Balaban J connectivity index is 2.94. The second-order valence-corrected chi connectivity index (χ2v) is 1.66. The van der Waals surface area contributed by atoms with Crippen LogP contribution < -0.4 is 0 Å². The molecule has 0 spiro atoms. The van der Waals surface area contributed by atoms with E-state index in [-0.39, 0.29) is 12.4 Å². The normalized spacial score (nSPS) is 8.44. The molecule has 0 aromatic rings. The van der Waals surface area contributed by atoms with Crippen LogP contribution in [0.25, 0.3) is 0 Å². The molecule has 0 aromatic carbocycles. The number of carbonyl (C=O) groups excluding carboxylic acids is 1. The predicted molar refractivity (Wildman–Crippen MR) is 31.7 cm³/mol. The second-order valence-electron chi connectivity index (χ2n) is 1.66. The quantitative estimate of drug-likeness (QED) is 0.517. The van der Waals surface area contributed by atoms with Crippen LogP contribution in [0.3, 0.4) is 0 Å². The summed E-state index contributed by atoms with van der Waals surface area (Å²) in [5, 5.41) is 8.02. The summed E-state index contributed by atoms with van der Waals surface area (Å²) in [4.78, 5) is 10.2. The number of hydrogen-bond donors (Lipinski definition) is 0. The molecule has 0 saturated heterocycles. The first-order chi connectivity index (χ1) is 4.27. The van der Waals surface area contributed by atoms with Crippen molar-refractivity contribution in [2.45, 2.75) is 13.3 Å². The number of carbonyl (C=O) groups is 1. The lowest BCUT2D eigenvalue weighted by Crippen LogP contribution is -2.04. The van der Waals surface area contributed by atoms with Crippen LogP contribution >= 0.6 is 0 Å². The average Bonchev–Trinajstić information content (AvgIpc) is 1.80. The zero-order valence-corrected chi connectivity index (χ0v) is 5.39. The van der Waals surface area contributed by atoms with Crippen LogP contribution in [0.5, 0.6) is 0 Å². The minimum atomic E-state index is -0.00654. The smallest absolute Gasteiger partial charge is 0.155 e. The van der Waals surface area contributed by atoms with Crippen molar-refractivity contribution < 1.29 is 9.53 Å². The largest absolute Gasteiger partial charge is 0.373 e. The number of rotatable bonds is 4. The lowest BCUT2D eigenvalue weighted by atomic mass is 10.5. The van der Waals surface area contributed by atoms with Gasteiger partial charge >= 0.3 is 0 Å². The lowest BCUT2D eigenvalue weighted by Gasteiger charge is -1.94. The first-order valence-electron chi connectivity index (χ1n) is 2.71. The fourth-order valence-electron chi connectivity index (χ4n) is 0.334. The average molecular weight is 127 g/mol. The van der Waals surface area contributed by atoms with Crippen LogP contribution in [-0.2, 0) is 9.53 Å². The molecule has 0 rings (SSSR count). The van der Waals surface area contributed by atoms with Crippen molar-refractivity contribution >= 4 is 5.78 Å². The number of hydrogen-bond acceptors (Lipinski definition) is 3. The first kappa shape index (κ1) is 8.12. The third-order valence-corrected chi connectivity index (χ3v) is 0.664. The molecular weight excluding hydrogens is 118 g/mol. The molecule has 9 heavy (non-hydrogen) atoms. The van der Waals surface area contributed by atoms with Gasteiger partial charge in [0.2, 0.25) is 0 Å². The van der Waals surface area contributed by atoms with Gasteiger partial charge in [0.15, 0.2) is 5.78 Å². The van der Waals surface area contributed by atoms with Gasteiger partial charge in [-0.1, -0.05) is 0 Å². The number of ether oxygens (including phenoxy) is 1. The van der Waals surface area contributed by atoms with E-state index < -0.39 is 0 Å². The van der Waals surface area contributed by atoms with Crippen molar-refractivity contribution in [2.24, 2.45) is 0 Å². The monoisotopic (exact) mass is 127 g/mol. The number of ketones is 1. The van der Waals surface area contributed by atoms with Gasteiger partial charge in [-0.25, -0.2) is 0 Å². The predicted octanol–water partition coefficient (Wildman–Crippen LogP) is 0.506. The Morgan fingerprint density at radius 3 is 2.89 bits per heavy atom. The second kappa shape index (κ2) is 5.26. The van der Waals surface area contributed by atoms with Crippen molar-refractivity contribution in [1.29, 1.82) is 5.26 Å². The van der Waals surface area contributed by atoms with Crippen LogP contribution in [0, 0.1) is 11.3 Å². The molecule has 0 aliphatic carbocycles. The highest BCUT2D eigenvalue weighted by Gasteiger charge is 1.90. The first-order valence-corrected chi connectivity index (χ1v) is 2.71. The molecular formula is C6H9NO2. The van der Waals surface area contributed by atoms with E-state index in [0.29, 0.717) is 13.0 Å². The van der Waals surface area contributed by atoms with Gasteiger partial charge in [-0.3, -0.25) is 4.79 Å². The van der Waals surface area contributed by atoms with Gasteiger partial charge in [0, 0.05) is 0 Å². The molecule has 50 valence electrons. The van der Waals surface area contributed by atoms with Crippen molar-refractivity contribution in [2.75, 3.05) is 13.2 Å². The van der Waals surface area contributed by atoms with E-state index >= 15 is 0 Å². The van der Waals surface area contributed by atoms with Gasteiger partial charge in [-0.05, 0) is 6.92 Å². The van der Waals surface area contributed by atoms with E-state index in [1.54, 1.807) is 0 Å². The van der Waals surface area contributed by atoms with Gasteiger partial charge in [0.1, 0.15) is 6.61 Å². The van der Waals surface area contributed by atoms with Gasteiger partial charge in [0.05, 0.1) is 19.1 Å². The lowest BCUT2D eigenvalue weighted by molar-refractivity contribution is -0.121. The van der Waals surface area contributed by atoms with E-state index in [1.807, 2.05) is 6.07 Å². The van der Waals surface area contributed by atoms with Gasteiger partial charge < -0.3 is 4.74 Å². The molecule has 0 atom stereocenters. The Labute approximate surface area is 54.2 Å². The maximum atomic E-state index is 10.2. The van der Waals surface area contributed by atoms with Gasteiger partial charge in [0.25, 0.3) is 0 Å². The molecule has 0 saturated carbocycles. The van der Waals surface area contributed by atoms with E-state index in [2.05, 4.69) is 0 Å². The van der Waals surface area contributed by atoms with Crippen LogP contribution in [-0.4, -0.2) is 19.0 Å². The molecule has 0 radical (unpaired) electrons. The Morgan fingerprint density at radius 1 is 1.78 bits per heavy atom. The van der Waals surface area contributed by atoms with Gasteiger partial charge in [-0.15, -0.1) is 0 Å². The van der Waals surface area contributed by atoms with E-state index in [1.165, 1.54) is 6.92 Å². The molecule has 3 nitrogen and oxygen atoms in total. The Hall–Kier alpha value is -0.880. The third-order valence-electron chi connectivity index (χ3n) is 0.664. The van der Waals surface area contributed by atoms with Crippen molar-refractivity contribution in [3.05, 3.63) is 0 Å². The fourth-order valence-corrected chi connectivity index (χ4v) is 0.334. The Morgan fingerprint density at radius 2 is 2.44 bits per heavy atom. The summed E-state index contributed by atoms with van der Waals surface area (Å²) in [6.45, 7) is 1.93.